The molecular formula is C8H4F3N3. The number of aromatic nitrogens is 3. The Hall–Kier alpha value is -1.72. The van der Waals surface area contributed by atoms with Gasteiger partial charge in [0.2, 0.25) is 5.82 Å². The summed E-state index contributed by atoms with van der Waals surface area (Å²) in [6, 6.07) is 3.21. The molecule has 2 aromatic rings. The maximum atomic E-state index is 12.2. The first kappa shape index (κ1) is 8.86. The smallest absolute Gasteiger partial charge is 0.237 e. The fourth-order valence-corrected chi connectivity index (χ4v) is 1.00. The van der Waals surface area contributed by atoms with Crippen LogP contribution in [0, 0.1) is 0 Å². The Bertz CT molecular complexity index is 467. The van der Waals surface area contributed by atoms with Crippen molar-refractivity contribution in [3.05, 3.63) is 30.4 Å². The normalized spacial score (nSPS) is 11.9. The van der Waals surface area contributed by atoms with Crippen molar-refractivity contribution in [1.82, 2.24) is 15.0 Å². The van der Waals surface area contributed by atoms with Crippen LogP contribution in [-0.4, -0.2) is 15.0 Å². The van der Waals surface area contributed by atoms with E-state index in [1.165, 1.54) is 6.20 Å². The zero-order chi connectivity index (χ0) is 10.2. The van der Waals surface area contributed by atoms with Crippen molar-refractivity contribution in [3.63, 3.8) is 0 Å². The minimum atomic E-state index is -4.52. The third-order valence-electron chi connectivity index (χ3n) is 1.61. The van der Waals surface area contributed by atoms with E-state index >= 15 is 0 Å². The van der Waals surface area contributed by atoms with Crippen molar-refractivity contribution in [2.75, 3.05) is 0 Å². The topological polar surface area (TPSA) is 38.7 Å². The van der Waals surface area contributed by atoms with E-state index in [-0.39, 0.29) is 5.65 Å². The van der Waals surface area contributed by atoms with Crippen molar-refractivity contribution in [1.29, 1.82) is 0 Å². The van der Waals surface area contributed by atoms with E-state index in [9.17, 15) is 13.2 Å². The average molecular weight is 199 g/mol. The van der Waals surface area contributed by atoms with Crippen LogP contribution in [0.15, 0.2) is 24.5 Å². The number of hydrogen-bond acceptors (Lipinski definition) is 3. The lowest BCUT2D eigenvalue weighted by Crippen LogP contribution is -2.10. The molecule has 0 aliphatic carbocycles. The van der Waals surface area contributed by atoms with Gasteiger partial charge in [-0.1, -0.05) is 0 Å². The summed E-state index contributed by atoms with van der Waals surface area (Å²) >= 11 is 0. The molecule has 0 saturated heterocycles. The molecule has 0 aliphatic rings. The highest BCUT2D eigenvalue weighted by molar-refractivity contribution is 5.72. The molecular weight excluding hydrogens is 195 g/mol. The lowest BCUT2D eigenvalue weighted by molar-refractivity contribution is -0.144. The first-order valence-corrected chi connectivity index (χ1v) is 3.72. The molecule has 0 amide bonds. The van der Waals surface area contributed by atoms with Crippen LogP contribution in [-0.2, 0) is 6.18 Å². The summed E-state index contributed by atoms with van der Waals surface area (Å²) < 4.78 is 36.5. The minimum Gasteiger partial charge on any atom is -0.237 e. The zero-order valence-corrected chi connectivity index (χ0v) is 6.78. The number of rotatable bonds is 0. The first-order valence-electron chi connectivity index (χ1n) is 3.72. The molecule has 0 spiro atoms. The molecule has 0 fully saturated rings. The van der Waals surface area contributed by atoms with Crippen LogP contribution in [0.3, 0.4) is 0 Å². The summed E-state index contributed by atoms with van der Waals surface area (Å²) in [6.07, 6.45) is -2.03. The Morgan fingerprint density at radius 2 is 1.93 bits per heavy atom. The summed E-state index contributed by atoms with van der Waals surface area (Å²) in [5.41, 5.74) is 0.0508. The van der Waals surface area contributed by atoms with Crippen molar-refractivity contribution in [2.45, 2.75) is 6.18 Å². The molecule has 0 aromatic carbocycles. The molecule has 0 atom stereocenters. The number of nitrogens with zero attached hydrogens (tertiary/aromatic N) is 3. The number of alkyl halides is 3. The van der Waals surface area contributed by atoms with Gasteiger partial charge in [-0.3, -0.25) is 0 Å². The molecule has 3 nitrogen and oxygen atoms in total. The highest BCUT2D eigenvalue weighted by Gasteiger charge is 2.34. The summed E-state index contributed by atoms with van der Waals surface area (Å²) in [7, 11) is 0. The highest BCUT2D eigenvalue weighted by Crippen LogP contribution is 2.26. The van der Waals surface area contributed by atoms with Crippen molar-refractivity contribution < 1.29 is 13.2 Å². The van der Waals surface area contributed by atoms with Gasteiger partial charge in [0.1, 0.15) is 0 Å². The average Bonchev–Trinajstić information content (AvgIpc) is 2.16. The Kier molecular flexibility index (Phi) is 1.83. The van der Waals surface area contributed by atoms with Gasteiger partial charge in [0.25, 0.3) is 0 Å². The van der Waals surface area contributed by atoms with Crippen molar-refractivity contribution >= 4 is 11.0 Å². The van der Waals surface area contributed by atoms with Crippen LogP contribution in [0.5, 0.6) is 0 Å². The molecule has 2 aromatic heterocycles. The third kappa shape index (κ3) is 1.50. The second kappa shape index (κ2) is 2.90. The zero-order valence-electron chi connectivity index (χ0n) is 6.78. The van der Waals surface area contributed by atoms with Gasteiger partial charge in [-0.15, -0.1) is 0 Å². The molecule has 0 unspecified atom stereocenters. The Morgan fingerprint density at radius 1 is 1.14 bits per heavy atom. The standard InChI is InChI=1S/C8H4F3N3/c9-8(10,11)7-13-4-5-2-1-3-12-6(5)14-7/h1-4H. The van der Waals surface area contributed by atoms with Crippen LogP contribution in [0.25, 0.3) is 11.0 Å². The van der Waals surface area contributed by atoms with E-state index in [2.05, 4.69) is 15.0 Å². The predicted octanol–water partition coefficient (Wildman–Crippen LogP) is 2.04. The van der Waals surface area contributed by atoms with Gasteiger partial charge < -0.3 is 0 Å². The molecule has 0 bridgehead atoms. The molecule has 0 saturated carbocycles. The quantitative estimate of drug-likeness (QED) is 0.651. The number of fused-ring (bicyclic) bond motifs is 1. The van der Waals surface area contributed by atoms with Gasteiger partial charge in [-0.2, -0.15) is 13.2 Å². The van der Waals surface area contributed by atoms with E-state index in [1.807, 2.05) is 0 Å². The number of pyridine rings is 1. The van der Waals surface area contributed by atoms with Crippen molar-refractivity contribution in [3.8, 4) is 0 Å². The van der Waals surface area contributed by atoms with E-state index in [4.69, 9.17) is 0 Å². The van der Waals surface area contributed by atoms with E-state index < -0.39 is 12.0 Å². The second-order valence-corrected chi connectivity index (χ2v) is 2.61. The summed E-state index contributed by atoms with van der Waals surface area (Å²) in [5, 5.41) is 0.487. The molecule has 14 heavy (non-hydrogen) atoms. The van der Waals surface area contributed by atoms with Gasteiger partial charge in [0.05, 0.1) is 0 Å². The SMILES string of the molecule is FC(F)(F)c1ncc2cccnc2n1. The van der Waals surface area contributed by atoms with E-state index in [0.29, 0.717) is 5.39 Å². The van der Waals surface area contributed by atoms with Crippen molar-refractivity contribution in [2.24, 2.45) is 0 Å². The summed E-state index contributed by atoms with van der Waals surface area (Å²) in [4.78, 5) is 10.2. The van der Waals surface area contributed by atoms with Gasteiger partial charge >= 0.3 is 6.18 Å². The molecule has 0 aliphatic heterocycles. The highest BCUT2D eigenvalue weighted by atomic mass is 19.4. The van der Waals surface area contributed by atoms with Gasteiger partial charge in [0.15, 0.2) is 5.65 Å². The first-order chi connectivity index (χ1) is 6.57. The molecule has 2 rings (SSSR count). The largest absolute Gasteiger partial charge is 0.451 e. The Balaban J connectivity index is 2.63. The lowest BCUT2D eigenvalue weighted by Gasteiger charge is -2.04. The molecule has 6 heteroatoms. The maximum absolute atomic E-state index is 12.2. The van der Waals surface area contributed by atoms with Crippen LogP contribution in [0.2, 0.25) is 0 Å². The fraction of sp³-hybridized carbons (Fsp3) is 0.125. The monoisotopic (exact) mass is 199 g/mol. The summed E-state index contributed by atoms with van der Waals surface area (Å²) in [6.45, 7) is 0. The van der Waals surface area contributed by atoms with Gasteiger partial charge in [0, 0.05) is 17.8 Å². The predicted molar refractivity (Wildman–Crippen MR) is 42.3 cm³/mol. The lowest BCUT2D eigenvalue weighted by atomic mass is 10.3. The maximum Gasteiger partial charge on any atom is 0.451 e. The Labute approximate surface area is 76.6 Å². The van der Waals surface area contributed by atoms with Crippen LogP contribution in [0.4, 0.5) is 13.2 Å². The van der Waals surface area contributed by atoms with Crippen LogP contribution in [0.1, 0.15) is 5.82 Å². The summed E-state index contributed by atoms with van der Waals surface area (Å²) in [5.74, 6) is -1.16. The van der Waals surface area contributed by atoms with Gasteiger partial charge in [-0.05, 0) is 12.1 Å². The Morgan fingerprint density at radius 3 is 2.64 bits per heavy atom. The number of halogens is 3. The van der Waals surface area contributed by atoms with Gasteiger partial charge in [-0.25, -0.2) is 15.0 Å². The van der Waals surface area contributed by atoms with Crippen LogP contribution < -0.4 is 0 Å². The third-order valence-corrected chi connectivity index (χ3v) is 1.61. The second-order valence-electron chi connectivity index (χ2n) is 2.61. The molecule has 72 valence electrons. The van der Waals surface area contributed by atoms with E-state index in [0.717, 1.165) is 6.20 Å². The van der Waals surface area contributed by atoms with Crippen LogP contribution >= 0.6 is 0 Å². The molecule has 2 heterocycles. The fourth-order valence-electron chi connectivity index (χ4n) is 1.00. The minimum absolute atomic E-state index is 0.0508. The number of hydrogen-bond donors (Lipinski definition) is 0. The molecule has 0 N–H and O–H groups in total. The van der Waals surface area contributed by atoms with E-state index in [1.54, 1.807) is 12.1 Å². The molecule has 0 radical (unpaired) electrons.